The van der Waals surface area contributed by atoms with Crippen molar-refractivity contribution in [1.29, 1.82) is 0 Å². The first-order valence-electron chi connectivity index (χ1n) is 8.99. The molecule has 3 aromatic carbocycles. The molecule has 0 bridgehead atoms. The van der Waals surface area contributed by atoms with Crippen LogP contribution in [0.3, 0.4) is 0 Å². The first kappa shape index (κ1) is 20.4. The third kappa shape index (κ3) is 4.94. The number of sulfonamides is 1. The fourth-order valence-corrected chi connectivity index (χ4v) is 3.95. The molecule has 0 saturated carbocycles. The van der Waals surface area contributed by atoms with Gasteiger partial charge in [0, 0.05) is 17.7 Å². The molecule has 0 radical (unpaired) electrons. The maximum absolute atomic E-state index is 12.6. The van der Waals surface area contributed by atoms with Crippen LogP contribution in [0.4, 0.5) is 5.69 Å². The van der Waals surface area contributed by atoms with Gasteiger partial charge >= 0.3 is 0 Å². The van der Waals surface area contributed by atoms with Crippen LogP contribution < -0.4 is 14.8 Å². The molecular weight excluding hydrogens is 388 g/mol. The second-order valence-corrected chi connectivity index (χ2v) is 8.13. The monoisotopic (exact) mass is 410 g/mol. The highest BCUT2D eigenvalue weighted by Gasteiger charge is 2.16. The van der Waals surface area contributed by atoms with Gasteiger partial charge in [0.2, 0.25) is 0 Å². The Labute approximate surface area is 170 Å². The first-order valence-corrected chi connectivity index (χ1v) is 10.5. The maximum Gasteiger partial charge on any atom is 0.261 e. The van der Waals surface area contributed by atoms with E-state index in [0.29, 0.717) is 29.1 Å². The predicted molar refractivity (Wildman–Crippen MR) is 113 cm³/mol. The van der Waals surface area contributed by atoms with E-state index in [2.05, 4.69) is 10.0 Å². The van der Waals surface area contributed by atoms with Gasteiger partial charge in [0.25, 0.3) is 15.9 Å². The topological polar surface area (TPSA) is 84.5 Å². The molecular formula is C22H22N2O4S. The Morgan fingerprint density at radius 1 is 0.966 bits per heavy atom. The van der Waals surface area contributed by atoms with Crippen molar-refractivity contribution < 1.29 is 17.9 Å². The summed E-state index contributed by atoms with van der Waals surface area (Å²) in [4.78, 5) is 12.7. The van der Waals surface area contributed by atoms with E-state index < -0.39 is 10.0 Å². The fraction of sp³-hybridized carbons (Fsp3) is 0.136. The molecule has 0 heterocycles. The molecule has 2 N–H and O–H groups in total. The molecule has 6 nitrogen and oxygen atoms in total. The highest BCUT2D eigenvalue weighted by molar-refractivity contribution is 7.92. The number of anilines is 1. The van der Waals surface area contributed by atoms with Gasteiger partial charge in [0.15, 0.2) is 0 Å². The van der Waals surface area contributed by atoms with E-state index in [-0.39, 0.29) is 10.8 Å². The van der Waals surface area contributed by atoms with Crippen LogP contribution in [-0.2, 0) is 16.6 Å². The summed E-state index contributed by atoms with van der Waals surface area (Å²) in [5, 5.41) is 2.84. The average molecular weight is 410 g/mol. The highest BCUT2D eigenvalue weighted by atomic mass is 32.2. The van der Waals surface area contributed by atoms with Crippen LogP contribution in [0, 0.1) is 6.92 Å². The smallest absolute Gasteiger partial charge is 0.261 e. The highest BCUT2D eigenvalue weighted by Crippen LogP contribution is 2.22. The minimum absolute atomic E-state index is 0.158. The zero-order valence-electron chi connectivity index (χ0n) is 16.2. The van der Waals surface area contributed by atoms with Crippen molar-refractivity contribution in [2.45, 2.75) is 18.4 Å². The van der Waals surface area contributed by atoms with Gasteiger partial charge in [-0.1, -0.05) is 42.5 Å². The Balaban J connectivity index is 1.77. The number of carbonyl (C=O) groups excluding carboxylic acids is 1. The number of nitrogens with one attached hydrogen (secondary N) is 2. The third-order valence-corrected chi connectivity index (χ3v) is 5.81. The zero-order valence-corrected chi connectivity index (χ0v) is 17.0. The van der Waals surface area contributed by atoms with Crippen molar-refractivity contribution in [1.82, 2.24) is 5.32 Å². The van der Waals surface area contributed by atoms with Crippen molar-refractivity contribution in [2.75, 3.05) is 11.8 Å². The standard InChI is InChI=1S/C22H22N2O4S/c1-16-12-13-17(22(25)23-15-18-8-6-7-11-21(18)28-2)14-20(16)24-29(26,27)19-9-4-3-5-10-19/h3-14,24H,15H2,1-2H3,(H,23,25). The summed E-state index contributed by atoms with van der Waals surface area (Å²) in [6, 6.07) is 20.4. The minimum atomic E-state index is -3.74. The lowest BCUT2D eigenvalue weighted by molar-refractivity contribution is 0.0950. The minimum Gasteiger partial charge on any atom is -0.496 e. The number of aryl methyl sites for hydroxylation is 1. The Kier molecular flexibility index (Phi) is 6.19. The van der Waals surface area contributed by atoms with E-state index in [1.54, 1.807) is 44.4 Å². The van der Waals surface area contributed by atoms with E-state index in [4.69, 9.17) is 4.74 Å². The van der Waals surface area contributed by atoms with E-state index in [0.717, 1.165) is 5.56 Å². The number of hydrogen-bond donors (Lipinski definition) is 2. The number of ether oxygens (including phenoxy) is 1. The van der Waals surface area contributed by atoms with Gasteiger partial charge < -0.3 is 10.1 Å². The summed E-state index contributed by atoms with van der Waals surface area (Å²) in [7, 11) is -2.17. The van der Waals surface area contributed by atoms with Crippen molar-refractivity contribution in [2.24, 2.45) is 0 Å². The van der Waals surface area contributed by atoms with Gasteiger partial charge in [-0.15, -0.1) is 0 Å². The second kappa shape index (κ2) is 8.79. The molecule has 0 aliphatic carbocycles. The van der Waals surface area contributed by atoms with Crippen LogP contribution in [0.2, 0.25) is 0 Å². The Bertz CT molecular complexity index is 1110. The average Bonchev–Trinajstić information content (AvgIpc) is 2.74. The number of amides is 1. The summed E-state index contributed by atoms with van der Waals surface area (Å²) in [6.07, 6.45) is 0. The van der Waals surface area contributed by atoms with Crippen molar-refractivity contribution in [3.8, 4) is 5.75 Å². The summed E-state index contributed by atoms with van der Waals surface area (Å²) in [5.41, 5.74) is 2.28. The van der Waals surface area contributed by atoms with E-state index in [1.165, 1.54) is 18.2 Å². The van der Waals surface area contributed by atoms with E-state index >= 15 is 0 Å². The van der Waals surface area contributed by atoms with Crippen molar-refractivity contribution >= 4 is 21.6 Å². The number of para-hydroxylation sites is 1. The number of benzene rings is 3. The van der Waals surface area contributed by atoms with Crippen LogP contribution in [0.25, 0.3) is 0 Å². The van der Waals surface area contributed by atoms with Gasteiger partial charge in [-0.05, 0) is 42.8 Å². The van der Waals surface area contributed by atoms with Gasteiger partial charge in [-0.2, -0.15) is 0 Å². The summed E-state index contributed by atoms with van der Waals surface area (Å²) in [6.45, 7) is 2.07. The summed E-state index contributed by atoms with van der Waals surface area (Å²) >= 11 is 0. The Hall–Kier alpha value is -3.32. The van der Waals surface area contributed by atoms with Crippen LogP contribution in [0.1, 0.15) is 21.5 Å². The lowest BCUT2D eigenvalue weighted by Crippen LogP contribution is -2.23. The predicted octanol–water partition coefficient (Wildman–Crippen LogP) is 3.73. The molecule has 0 aliphatic rings. The second-order valence-electron chi connectivity index (χ2n) is 6.44. The van der Waals surface area contributed by atoms with Crippen LogP contribution in [0.5, 0.6) is 5.75 Å². The lowest BCUT2D eigenvalue weighted by Gasteiger charge is -2.13. The quantitative estimate of drug-likeness (QED) is 0.622. The summed E-state index contributed by atoms with van der Waals surface area (Å²) in [5.74, 6) is 0.379. The molecule has 1 amide bonds. The van der Waals surface area contributed by atoms with Gasteiger partial charge in [-0.25, -0.2) is 8.42 Å². The Morgan fingerprint density at radius 3 is 2.38 bits per heavy atom. The molecule has 150 valence electrons. The number of hydrogen-bond acceptors (Lipinski definition) is 4. The molecule has 7 heteroatoms. The first-order chi connectivity index (χ1) is 13.9. The lowest BCUT2D eigenvalue weighted by atomic mass is 10.1. The van der Waals surface area contributed by atoms with Crippen molar-refractivity contribution in [3.05, 3.63) is 89.5 Å². The van der Waals surface area contributed by atoms with Crippen LogP contribution >= 0.6 is 0 Å². The van der Waals surface area contributed by atoms with Gasteiger partial charge in [-0.3, -0.25) is 9.52 Å². The number of rotatable bonds is 7. The molecule has 29 heavy (non-hydrogen) atoms. The molecule has 0 aromatic heterocycles. The van der Waals surface area contributed by atoms with Gasteiger partial charge in [0.1, 0.15) is 5.75 Å². The van der Waals surface area contributed by atoms with E-state index in [9.17, 15) is 13.2 Å². The SMILES string of the molecule is COc1ccccc1CNC(=O)c1ccc(C)c(NS(=O)(=O)c2ccccc2)c1. The fourth-order valence-electron chi connectivity index (χ4n) is 2.80. The van der Waals surface area contributed by atoms with Crippen LogP contribution in [-0.4, -0.2) is 21.4 Å². The number of methoxy groups -OCH3 is 1. The van der Waals surface area contributed by atoms with Gasteiger partial charge in [0.05, 0.1) is 17.7 Å². The maximum atomic E-state index is 12.6. The molecule has 0 spiro atoms. The van der Waals surface area contributed by atoms with Crippen molar-refractivity contribution in [3.63, 3.8) is 0 Å². The molecule has 0 unspecified atom stereocenters. The summed E-state index contributed by atoms with van der Waals surface area (Å²) < 4.78 is 33.0. The number of carbonyl (C=O) groups is 1. The normalized spacial score (nSPS) is 11.0. The Morgan fingerprint density at radius 2 is 1.66 bits per heavy atom. The molecule has 0 aliphatic heterocycles. The largest absolute Gasteiger partial charge is 0.496 e. The zero-order chi connectivity index (χ0) is 20.9. The molecule has 0 fully saturated rings. The van der Waals surface area contributed by atoms with E-state index in [1.807, 2.05) is 24.3 Å². The van der Waals surface area contributed by atoms with Crippen LogP contribution in [0.15, 0.2) is 77.7 Å². The molecule has 3 aromatic rings. The third-order valence-electron chi connectivity index (χ3n) is 4.43. The molecule has 0 saturated heterocycles. The molecule has 3 rings (SSSR count). The molecule has 0 atom stereocenters.